The highest BCUT2D eigenvalue weighted by atomic mass is 32.2. The summed E-state index contributed by atoms with van der Waals surface area (Å²) < 4.78 is 35.6. The maximum atomic E-state index is 13.5. The molecule has 31 heavy (non-hydrogen) atoms. The number of para-hydroxylation sites is 1. The lowest BCUT2D eigenvalue weighted by molar-refractivity contribution is 0.0297. The average Bonchev–Trinajstić information content (AvgIpc) is 3.14. The molecular weight excluding hydrogens is 418 g/mol. The molecule has 1 amide bonds. The van der Waals surface area contributed by atoms with Crippen LogP contribution in [0.4, 0.5) is 0 Å². The van der Waals surface area contributed by atoms with Crippen molar-refractivity contribution in [3.05, 3.63) is 53.5 Å². The molecule has 4 heterocycles. The largest absolute Gasteiger partial charge is 0.378 e. The van der Waals surface area contributed by atoms with E-state index in [-0.39, 0.29) is 17.3 Å². The standard InChI is InChI=1S/C21H23N5O4S/c1-24-17-7-9-26(14-16(17)20(23-24)21(27)25-10-12-30-13-11-25)31(28,29)18-6-2-4-15-5-3-8-22-19(15)18/h2-6,8H,7,9-14H2,1H3. The van der Waals surface area contributed by atoms with E-state index in [2.05, 4.69) is 10.1 Å². The van der Waals surface area contributed by atoms with Crippen LogP contribution in [-0.4, -0.2) is 71.1 Å². The molecule has 10 heteroatoms. The Morgan fingerprint density at radius 2 is 1.87 bits per heavy atom. The van der Waals surface area contributed by atoms with Gasteiger partial charge in [0.15, 0.2) is 5.69 Å². The molecule has 0 unspecified atom stereocenters. The SMILES string of the molecule is Cn1nc(C(=O)N2CCOCC2)c2c1CCN(S(=O)(=O)c1cccc3cccnc13)C2. The Balaban J connectivity index is 1.51. The predicted octanol–water partition coefficient (Wildman–Crippen LogP) is 1.19. The third-order valence-electron chi connectivity index (χ3n) is 5.92. The second-order valence-electron chi connectivity index (χ2n) is 7.72. The molecule has 2 aliphatic heterocycles. The summed E-state index contributed by atoms with van der Waals surface area (Å²) in [5.74, 6) is -0.175. The van der Waals surface area contributed by atoms with E-state index < -0.39 is 10.0 Å². The summed E-state index contributed by atoms with van der Waals surface area (Å²) in [6.07, 6.45) is 2.09. The Morgan fingerprint density at radius 3 is 2.68 bits per heavy atom. The first kappa shape index (κ1) is 20.1. The van der Waals surface area contributed by atoms with Gasteiger partial charge in [-0.05, 0) is 12.1 Å². The van der Waals surface area contributed by atoms with Gasteiger partial charge in [-0.15, -0.1) is 0 Å². The molecular formula is C21H23N5O4S. The zero-order chi connectivity index (χ0) is 21.6. The van der Waals surface area contributed by atoms with Crippen molar-refractivity contribution >= 4 is 26.8 Å². The zero-order valence-corrected chi connectivity index (χ0v) is 18.0. The smallest absolute Gasteiger partial charge is 0.274 e. The normalized spacial score (nSPS) is 17.6. The summed E-state index contributed by atoms with van der Waals surface area (Å²) in [7, 11) is -2.00. The van der Waals surface area contributed by atoms with Crippen molar-refractivity contribution < 1.29 is 17.9 Å². The predicted molar refractivity (Wildman–Crippen MR) is 113 cm³/mol. The van der Waals surface area contributed by atoms with Crippen LogP contribution in [0.25, 0.3) is 10.9 Å². The van der Waals surface area contributed by atoms with Gasteiger partial charge in [0, 0.05) is 62.5 Å². The molecule has 9 nitrogen and oxygen atoms in total. The summed E-state index contributed by atoms with van der Waals surface area (Å²) in [4.78, 5) is 19.3. The van der Waals surface area contributed by atoms with Gasteiger partial charge in [0.2, 0.25) is 10.0 Å². The Bertz CT molecular complexity index is 1260. The lowest BCUT2D eigenvalue weighted by Crippen LogP contribution is -2.42. The number of aromatic nitrogens is 3. The van der Waals surface area contributed by atoms with Crippen molar-refractivity contribution in [2.75, 3.05) is 32.8 Å². The summed E-state index contributed by atoms with van der Waals surface area (Å²) in [5.41, 5.74) is 2.36. The van der Waals surface area contributed by atoms with Crippen molar-refractivity contribution in [1.29, 1.82) is 0 Å². The van der Waals surface area contributed by atoms with Gasteiger partial charge >= 0.3 is 0 Å². The van der Waals surface area contributed by atoms with Crippen molar-refractivity contribution in [3.63, 3.8) is 0 Å². The van der Waals surface area contributed by atoms with Gasteiger partial charge in [0.25, 0.3) is 5.91 Å². The van der Waals surface area contributed by atoms with Crippen LogP contribution < -0.4 is 0 Å². The number of aryl methyl sites for hydroxylation is 1. The van der Waals surface area contributed by atoms with E-state index in [4.69, 9.17) is 4.74 Å². The van der Waals surface area contributed by atoms with Gasteiger partial charge < -0.3 is 9.64 Å². The van der Waals surface area contributed by atoms with E-state index in [1.54, 1.807) is 41.0 Å². The number of hydrogen-bond donors (Lipinski definition) is 0. The number of carbonyl (C=O) groups excluding carboxylic acids is 1. The Hall–Kier alpha value is -2.82. The number of morpholine rings is 1. The summed E-state index contributed by atoms with van der Waals surface area (Å²) in [5, 5.41) is 5.23. The third-order valence-corrected chi connectivity index (χ3v) is 7.80. The zero-order valence-electron chi connectivity index (χ0n) is 17.2. The van der Waals surface area contributed by atoms with Crippen molar-refractivity contribution in [1.82, 2.24) is 24.0 Å². The number of sulfonamides is 1. The highest BCUT2D eigenvalue weighted by molar-refractivity contribution is 7.89. The molecule has 0 radical (unpaired) electrons. The summed E-state index contributed by atoms with van der Waals surface area (Å²) in [6.45, 7) is 2.44. The van der Waals surface area contributed by atoms with E-state index in [1.807, 2.05) is 12.1 Å². The molecule has 5 rings (SSSR count). The minimum absolute atomic E-state index is 0.111. The maximum absolute atomic E-state index is 13.5. The maximum Gasteiger partial charge on any atom is 0.274 e. The van der Waals surface area contributed by atoms with Gasteiger partial charge in [-0.25, -0.2) is 8.42 Å². The molecule has 162 valence electrons. The van der Waals surface area contributed by atoms with Gasteiger partial charge in [-0.2, -0.15) is 9.40 Å². The van der Waals surface area contributed by atoms with E-state index in [9.17, 15) is 13.2 Å². The fourth-order valence-corrected chi connectivity index (χ4v) is 5.86. The Morgan fingerprint density at radius 1 is 1.10 bits per heavy atom. The molecule has 0 spiro atoms. The average molecular weight is 442 g/mol. The second-order valence-corrected chi connectivity index (χ2v) is 9.63. The molecule has 3 aromatic rings. The molecule has 2 aromatic heterocycles. The third kappa shape index (κ3) is 3.40. The topological polar surface area (TPSA) is 97.6 Å². The number of carbonyl (C=O) groups is 1. The van der Waals surface area contributed by atoms with E-state index in [0.29, 0.717) is 56.0 Å². The number of hydrogen-bond acceptors (Lipinski definition) is 6. The minimum atomic E-state index is -3.80. The minimum Gasteiger partial charge on any atom is -0.378 e. The van der Waals surface area contributed by atoms with E-state index in [0.717, 1.165) is 11.1 Å². The van der Waals surface area contributed by atoms with Crippen LogP contribution >= 0.6 is 0 Å². The van der Waals surface area contributed by atoms with E-state index >= 15 is 0 Å². The highest BCUT2D eigenvalue weighted by Gasteiger charge is 2.35. The van der Waals surface area contributed by atoms with E-state index in [1.165, 1.54) is 4.31 Å². The molecule has 0 N–H and O–H groups in total. The molecule has 1 aromatic carbocycles. The van der Waals surface area contributed by atoms with Crippen LogP contribution in [0, 0.1) is 0 Å². The number of benzene rings is 1. The van der Waals surface area contributed by atoms with Crippen molar-refractivity contribution in [2.24, 2.45) is 7.05 Å². The van der Waals surface area contributed by atoms with Crippen LogP contribution in [0.2, 0.25) is 0 Å². The molecule has 0 atom stereocenters. The second kappa shape index (κ2) is 7.70. The van der Waals surface area contributed by atoms with Crippen molar-refractivity contribution in [2.45, 2.75) is 17.9 Å². The number of ether oxygens (including phenoxy) is 1. The first-order chi connectivity index (χ1) is 15.0. The number of rotatable bonds is 3. The number of nitrogens with zero attached hydrogens (tertiary/aromatic N) is 5. The summed E-state index contributed by atoms with van der Waals surface area (Å²) >= 11 is 0. The monoisotopic (exact) mass is 441 g/mol. The number of pyridine rings is 1. The molecule has 0 saturated carbocycles. The first-order valence-corrected chi connectivity index (χ1v) is 11.7. The molecule has 0 bridgehead atoms. The van der Waals surface area contributed by atoms with Crippen molar-refractivity contribution in [3.8, 4) is 0 Å². The van der Waals surface area contributed by atoms with Gasteiger partial charge in [-0.1, -0.05) is 18.2 Å². The lowest BCUT2D eigenvalue weighted by Gasteiger charge is -2.29. The molecule has 1 fully saturated rings. The van der Waals surface area contributed by atoms with Gasteiger partial charge in [-0.3, -0.25) is 14.5 Å². The number of fused-ring (bicyclic) bond motifs is 2. The van der Waals surface area contributed by atoms with Crippen LogP contribution in [0.5, 0.6) is 0 Å². The molecule has 2 aliphatic rings. The fraction of sp³-hybridized carbons (Fsp3) is 0.381. The quantitative estimate of drug-likeness (QED) is 0.606. The molecule has 1 saturated heterocycles. The van der Waals surface area contributed by atoms with Crippen LogP contribution in [0.3, 0.4) is 0 Å². The Labute approximate surface area is 180 Å². The van der Waals surface area contributed by atoms with Gasteiger partial charge in [0.05, 0.1) is 18.7 Å². The Kier molecular flexibility index (Phi) is 4.99. The number of amides is 1. The fourth-order valence-electron chi connectivity index (χ4n) is 4.28. The van der Waals surface area contributed by atoms with Crippen LogP contribution in [0.15, 0.2) is 41.4 Å². The van der Waals surface area contributed by atoms with Crippen LogP contribution in [-0.2, 0) is 34.8 Å². The van der Waals surface area contributed by atoms with Crippen LogP contribution in [0.1, 0.15) is 21.7 Å². The summed E-state index contributed by atoms with van der Waals surface area (Å²) in [6, 6.07) is 8.78. The molecule has 0 aliphatic carbocycles. The highest BCUT2D eigenvalue weighted by Crippen LogP contribution is 2.30. The first-order valence-electron chi connectivity index (χ1n) is 10.2. The lowest BCUT2D eigenvalue weighted by atomic mass is 10.1. The van der Waals surface area contributed by atoms with Gasteiger partial charge in [0.1, 0.15) is 4.90 Å².